The van der Waals surface area contributed by atoms with Crippen LogP contribution in [-0.2, 0) is 6.42 Å². The smallest absolute Gasteiger partial charge is 0.159 e. The number of hydrogen-bond acceptors (Lipinski definition) is 3. The van der Waals surface area contributed by atoms with Crippen molar-refractivity contribution in [1.82, 2.24) is 10.2 Å². The van der Waals surface area contributed by atoms with Gasteiger partial charge in [0.1, 0.15) is 5.69 Å². The normalized spacial score (nSPS) is 18.1. The molecule has 0 amide bonds. The third kappa shape index (κ3) is 3.10. The van der Waals surface area contributed by atoms with Crippen molar-refractivity contribution >= 4 is 16.6 Å². The van der Waals surface area contributed by atoms with Crippen LogP contribution in [0.5, 0.6) is 0 Å². The molecule has 2 heterocycles. The Hall–Kier alpha value is -3.20. The molecule has 3 aromatic carbocycles. The molecule has 1 saturated carbocycles. The monoisotopic (exact) mass is 419 g/mol. The van der Waals surface area contributed by atoms with Crippen LogP contribution in [0.25, 0.3) is 22.0 Å². The largest absolute Gasteiger partial charge is 0.347 e. The third-order valence-electron chi connectivity index (χ3n) is 7.25. The van der Waals surface area contributed by atoms with Crippen molar-refractivity contribution in [2.24, 2.45) is 5.92 Å². The van der Waals surface area contributed by atoms with Gasteiger partial charge in [-0.25, -0.2) is 0 Å². The molecule has 0 N–H and O–H groups in total. The van der Waals surface area contributed by atoms with E-state index in [2.05, 4.69) is 86.3 Å². The first-order valence-corrected chi connectivity index (χ1v) is 11.8. The Morgan fingerprint density at radius 3 is 2.25 bits per heavy atom. The van der Waals surface area contributed by atoms with E-state index in [4.69, 9.17) is 10.2 Å². The number of hydrogen-bond donors (Lipinski definition) is 0. The maximum atomic E-state index is 4.92. The van der Waals surface area contributed by atoms with Gasteiger partial charge in [0.05, 0.1) is 6.04 Å². The van der Waals surface area contributed by atoms with Gasteiger partial charge in [-0.3, -0.25) is 0 Å². The lowest BCUT2D eigenvalue weighted by molar-refractivity contribution is 0.522. The van der Waals surface area contributed by atoms with Gasteiger partial charge in [-0.05, 0) is 68.2 Å². The molecule has 2 aliphatic rings. The highest BCUT2D eigenvalue weighted by Crippen LogP contribution is 2.49. The minimum Gasteiger partial charge on any atom is -0.347 e. The number of nitrogens with zero attached hydrogens (tertiary/aromatic N) is 3. The zero-order valence-electron chi connectivity index (χ0n) is 19.1. The average Bonchev–Trinajstić information content (AvgIpc) is 3.63. The number of rotatable bonds is 3. The minimum atomic E-state index is 0.409. The zero-order chi connectivity index (χ0) is 21.8. The van der Waals surface area contributed by atoms with Crippen molar-refractivity contribution in [2.75, 3.05) is 11.4 Å². The van der Waals surface area contributed by atoms with E-state index in [0.717, 1.165) is 30.4 Å². The SMILES string of the molecule is Cc1cc(C)c(-c2nnc(N3CCc4ccccc4C3C3CC3)c3ccccc23)c(C)c1. The lowest BCUT2D eigenvalue weighted by Crippen LogP contribution is -2.37. The predicted molar refractivity (Wildman–Crippen MR) is 132 cm³/mol. The van der Waals surface area contributed by atoms with Crippen LogP contribution in [0.3, 0.4) is 0 Å². The fourth-order valence-corrected chi connectivity index (χ4v) is 5.80. The van der Waals surface area contributed by atoms with Gasteiger partial charge in [-0.1, -0.05) is 66.2 Å². The molecule has 32 heavy (non-hydrogen) atoms. The lowest BCUT2D eigenvalue weighted by Gasteiger charge is -2.39. The van der Waals surface area contributed by atoms with Crippen LogP contribution in [0.1, 0.15) is 46.7 Å². The van der Waals surface area contributed by atoms with Crippen molar-refractivity contribution < 1.29 is 0 Å². The molecule has 0 radical (unpaired) electrons. The molecule has 0 bridgehead atoms. The minimum absolute atomic E-state index is 0.409. The summed E-state index contributed by atoms with van der Waals surface area (Å²) in [5.74, 6) is 1.76. The van der Waals surface area contributed by atoms with E-state index in [1.807, 2.05) is 0 Å². The summed E-state index contributed by atoms with van der Waals surface area (Å²) in [6, 6.07) is 22.6. The molecule has 3 heteroatoms. The maximum absolute atomic E-state index is 4.92. The Morgan fingerprint density at radius 2 is 1.50 bits per heavy atom. The van der Waals surface area contributed by atoms with Gasteiger partial charge in [0.2, 0.25) is 0 Å². The Kier molecular flexibility index (Phi) is 4.53. The van der Waals surface area contributed by atoms with Gasteiger partial charge < -0.3 is 4.90 Å². The molecule has 1 aliphatic carbocycles. The number of aromatic nitrogens is 2. The van der Waals surface area contributed by atoms with E-state index in [9.17, 15) is 0 Å². The van der Waals surface area contributed by atoms with Gasteiger partial charge in [0, 0.05) is 22.9 Å². The summed E-state index contributed by atoms with van der Waals surface area (Å²) >= 11 is 0. The van der Waals surface area contributed by atoms with E-state index in [-0.39, 0.29) is 0 Å². The number of benzene rings is 3. The Bertz CT molecular complexity index is 1310. The second kappa shape index (κ2) is 7.44. The van der Waals surface area contributed by atoms with Crippen LogP contribution >= 0.6 is 0 Å². The maximum Gasteiger partial charge on any atom is 0.159 e. The first kappa shape index (κ1) is 19.5. The predicted octanol–water partition coefficient (Wildman–Crippen LogP) is 6.74. The number of anilines is 1. The summed E-state index contributed by atoms with van der Waals surface area (Å²) < 4.78 is 0. The van der Waals surface area contributed by atoms with E-state index in [1.54, 1.807) is 0 Å². The summed E-state index contributed by atoms with van der Waals surface area (Å²) in [6.45, 7) is 7.52. The van der Waals surface area contributed by atoms with Crippen LogP contribution in [0.15, 0.2) is 60.7 Å². The highest BCUT2D eigenvalue weighted by Gasteiger charge is 2.40. The van der Waals surface area contributed by atoms with Crippen LogP contribution in [0.4, 0.5) is 5.82 Å². The summed E-state index contributed by atoms with van der Waals surface area (Å²) in [4.78, 5) is 2.55. The van der Waals surface area contributed by atoms with Gasteiger partial charge in [0.15, 0.2) is 5.82 Å². The van der Waals surface area contributed by atoms with E-state index in [0.29, 0.717) is 6.04 Å². The molecular formula is C29H29N3. The Balaban J connectivity index is 1.53. The van der Waals surface area contributed by atoms with E-state index >= 15 is 0 Å². The second-order valence-electron chi connectivity index (χ2n) is 9.62. The summed E-state index contributed by atoms with van der Waals surface area (Å²) in [5, 5.41) is 12.2. The molecule has 4 aromatic rings. The molecular weight excluding hydrogens is 390 g/mol. The van der Waals surface area contributed by atoms with Crippen molar-refractivity contribution in [2.45, 2.75) is 46.1 Å². The molecule has 160 valence electrons. The van der Waals surface area contributed by atoms with Crippen LogP contribution in [0, 0.1) is 26.7 Å². The molecule has 6 rings (SSSR count). The number of fused-ring (bicyclic) bond motifs is 2. The Morgan fingerprint density at radius 1 is 0.812 bits per heavy atom. The number of aryl methyl sites for hydroxylation is 3. The van der Waals surface area contributed by atoms with Crippen LogP contribution < -0.4 is 4.90 Å². The Labute approximate surface area is 190 Å². The van der Waals surface area contributed by atoms with Gasteiger partial charge in [-0.15, -0.1) is 10.2 Å². The van der Waals surface area contributed by atoms with Crippen molar-refractivity contribution in [3.8, 4) is 11.3 Å². The lowest BCUT2D eigenvalue weighted by atomic mass is 9.89. The topological polar surface area (TPSA) is 29.0 Å². The van der Waals surface area contributed by atoms with Crippen LogP contribution in [-0.4, -0.2) is 16.7 Å². The van der Waals surface area contributed by atoms with Crippen LogP contribution in [0.2, 0.25) is 0 Å². The fraction of sp³-hybridized carbons (Fsp3) is 0.310. The molecule has 1 atom stereocenters. The van der Waals surface area contributed by atoms with E-state index in [1.165, 1.54) is 57.0 Å². The van der Waals surface area contributed by atoms with Gasteiger partial charge >= 0.3 is 0 Å². The zero-order valence-corrected chi connectivity index (χ0v) is 19.1. The van der Waals surface area contributed by atoms with Crippen molar-refractivity contribution in [3.63, 3.8) is 0 Å². The average molecular weight is 420 g/mol. The molecule has 1 fully saturated rings. The highest BCUT2D eigenvalue weighted by atomic mass is 15.3. The molecule has 1 aliphatic heterocycles. The summed E-state index contributed by atoms with van der Waals surface area (Å²) in [7, 11) is 0. The second-order valence-corrected chi connectivity index (χ2v) is 9.62. The summed E-state index contributed by atoms with van der Waals surface area (Å²) in [6.07, 6.45) is 3.68. The first-order valence-electron chi connectivity index (χ1n) is 11.8. The van der Waals surface area contributed by atoms with E-state index < -0.39 is 0 Å². The first-order chi connectivity index (χ1) is 15.6. The van der Waals surface area contributed by atoms with Crippen molar-refractivity contribution in [3.05, 3.63) is 88.5 Å². The molecule has 1 aromatic heterocycles. The quantitative estimate of drug-likeness (QED) is 0.368. The molecule has 0 spiro atoms. The van der Waals surface area contributed by atoms with Gasteiger partial charge in [0.25, 0.3) is 0 Å². The molecule has 0 saturated heterocycles. The third-order valence-corrected chi connectivity index (χ3v) is 7.25. The van der Waals surface area contributed by atoms with Crippen molar-refractivity contribution in [1.29, 1.82) is 0 Å². The molecule has 1 unspecified atom stereocenters. The summed E-state index contributed by atoms with van der Waals surface area (Å²) in [5.41, 5.74) is 9.02. The standard InChI is InChI=1S/C29H29N3/c1-18-16-19(2)26(20(3)17-18)27-24-10-6-7-11-25(24)29(31-30-27)32-15-14-21-8-4-5-9-23(21)28(32)22-12-13-22/h4-11,16-17,22,28H,12-15H2,1-3H3. The van der Waals surface area contributed by atoms with Gasteiger partial charge in [-0.2, -0.15) is 0 Å². The fourth-order valence-electron chi connectivity index (χ4n) is 5.80. The highest BCUT2D eigenvalue weighted by molar-refractivity contribution is 6.01. The molecule has 3 nitrogen and oxygen atoms in total.